The van der Waals surface area contributed by atoms with E-state index in [1.54, 1.807) is 12.1 Å². The third-order valence-corrected chi connectivity index (χ3v) is 3.95. The third-order valence-electron chi connectivity index (χ3n) is 3.95. The molecule has 1 aromatic rings. The van der Waals surface area contributed by atoms with Crippen LogP contribution in [0.1, 0.15) is 11.9 Å². The van der Waals surface area contributed by atoms with Crippen molar-refractivity contribution in [3.8, 4) is 0 Å². The van der Waals surface area contributed by atoms with E-state index in [1.165, 1.54) is 19.2 Å². The minimum Gasteiger partial charge on any atom is -0.387 e. The molecule has 126 valence electrons. The largest absolute Gasteiger partial charge is 0.387 e. The van der Waals surface area contributed by atoms with Gasteiger partial charge in [0.2, 0.25) is 0 Å². The Morgan fingerprint density at radius 3 is 2.70 bits per heavy atom. The van der Waals surface area contributed by atoms with Crippen molar-refractivity contribution < 1.29 is 34.1 Å². The number of ether oxygens (including phenoxy) is 4. The van der Waals surface area contributed by atoms with Gasteiger partial charge >= 0.3 is 0 Å². The molecular formula is C14H17NO8. The van der Waals surface area contributed by atoms with Crippen molar-refractivity contribution >= 4 is 5.69 Å². The molecule has 2 saturated heterocycles. The minimum atomic E-state index is -1.29. The molecule has 2 aliphatic rings. The van der Waals surface area contributed by atoms with E-state index in [2.05, 4.69) is 0 Å². The number of hydrogen-bond donors (Lipinski definition) is 2. The summed E-state index contributed by atoms with van der Waals surface area (Å²) in [6.45, 7) is 0.0466. The van der Waals surface area contributed by atoms with Crippen LogP contribution in [0.2, 0.25) is 0 Å². The fraction of sp³-hybridized carbons (Fsp3) is 0.571. The quantitative estimate of drug-likeness (QED) is 0.592. The van der Waals surface area contributed by atoms with Crippen molar-refractivity contribution in [3.05, 3.63) is 39.9 Å². The van der Waals surface area contributed by atoms with Crippen LogP contribution < -0.4 is 0 Å². The Balaban J connectivity index is 1.81. The number of aliphatic hydroxyl groups excluding tert-OH is 2. The number of rotatable bonds is 3. The lowest BCUT2D eigenvalue weighted by Crippen LogP contribution is -2.62. The lowest BCUT2D eigenvalue weighted by atomic mass is 9.98. The van der Waals surface area contributed by atoms with Crippen LogP contribution in [0.15, 0.2) is 24.3 Å². The average molecular weight is 327 g/mol. The van der Waals surface area contributed by atoms with Crippen molar-refractivity contribution in [3.63, 3.8) is 0 Å². The number of hydrogen-bond acceptors (Lipinski definition) is 8. The number of nitro groups is 1. The Hall–Kier alpha value is -1.62. The zero-order chi connectivity index (χ0) is 16.6. The Morgan fingerprint density at radius 1 is 1.26 bits per heavy atom. The van der Waals surface area contributed by atoms with E-state index in [1.807, 2.05) is 0 Å². The summed E-state index contributed by atoms with van der Waals surface area (Å²) in [6.07, 6.45) is -6.07. The van der Waals surface area contributed by atoms with E-state index in [4.69, 9.17) is 18.9 Å². The smallest absolute Gasteiger partial charge is 0.277 e. The van der Waals surface area contributed by atoms with Crippen LogP contribution in [-0.2, 0) is 18.9 Å². The van der Waals surface area contributed by atoms with E-state index in [9.17, 15) is 20.3 Å². The third kappa shape index (κ3) is 2.94. The van der Waals surface area contributed by atoms with Gasteiger partial charge in [0, 0.05) is 13.2 Å². The minimum absolute atomic E-state index is 0.0466. The molecule has 0 saturated carbocycles. The molecule has 6 atom stereocenters. The lowest BCUT2D eigenvalue weighted by molar-refractivity contribution is -0.391. The maximum Gasteiger partial charge on any atom is 0.277 e. The van der Waals surface area contributed by atoms with Crippen LogP contribution in [0.3, 0.4) is 0 Å². The van der Waals surface area contributed by atoms with Crippen molar-refractivity contribution in [1.82, 2.24) is 0 Å². The van der Waals surface area contributed by atoms with Crippen LogP contribution in [0.4, 0.5) is 5.69 Å². The molecule has 2 N–H and O–H groups in total. The van der Waals surface area contributed by atoms with Gasteiger partial charge in [-0.1, -0.05) is 12.1 Å². The Morgan fingerprint density at radius 2 is 2.00 bits per heavy atom. The van der Waals surface area contributed by atoms with Crippen molar-refractivity contribution in [1.29, 1.82) is 0 Å². The zero-order valence-corrected chi connectivity index (χ0v) is 12.3. The topological polar surface area (TPSA) is 121 Å². The van der Waals surface area contributed by atoms with E-state index in [0.717, 1.165) is 0 Å². The van der Waals surface area contributed by atoms with Gasteiger partial charge < -0.3 is 29.2 Å². The summed E-state index contributed by atoms with van der Waals surface area (Å²) in [6, 6.07) is 6.04. The summed E-state index contributed by atoms with van der Waals surface area (Å²) < 4.78 is 21.5. The molecule has 0 radical (unpaired) electrons. The van der Waals surface area contributed by atoms with Crippen LogP contribution in [0, 0.1) is 10.1 Å². The van der Waals surface area contributed by atoms with E-state index in [0.29, 0.717) is 0 Å². The van der Waals surface area contributed by atoms with Crippen molar-refractivity contribution in [2.75, 3.05) is 13.7 Å². The normalized spacial score (nSPS) is 37.2. The summed E-state index contributed by atoms with van der Waals surface area (Å²) in [7, 11) is 1.35. The van der Waals surface area contributed by atoms with E-state index < -0.39 is 41.9 Å². The number of methoxy groups -OCH3 is 1. The number of fused-ring (bicyclic) bond motifs is 1. The monoisotopic (exact) mass is 327 g/mol. The Labute approximate surface area is 131 Å². The number of nitro benzene ring substituents is 1. The summed E-state index contributed by atoms with van der Waals surface area (Å²) >= 11 is 0. The first-order chi connectivity index (χ1) is 11.0. The van der Waals surface area contributed by atoms with E-state index >= 15 is 0 Å². The van der Waals surface area contributed by atoms with Gasteiger partial charge in [0.05, 0.1) is 17.1 Å². The second-order valence-corrected chi connectivity index (χ2v) is 5.34. The van der Waals surface area contributed by atoms with Gasteiger partial charge in [-0.15, -0.1) is 0 Å². The van der Waals surface area contributed by atoms with Gasteiger partial charge in [-0.3, -0.25) is 10.1 Å². The summed E-state index contributed by atoms with van der Waals surface area (Å²) in [5.74, 6) is 0. The maximum atomic E-state index is 11.1. The molecule has 9 heteroatoms. The van der Waals surface area contributed by atoms with Gasteiger partial charge in [0.15, 0.2) is 12.6 Å². The average Bonchev–Trinajstić information content (AvgIpc) is 2.57. The van der Waals surface area contributed by atoms with Crippen LogP contribution in [-0.4, -0.2) is 59.6 Å². The summed E-state index contributed by atoms with van der Waals surface area (Å²) in [5, 5.41) is 31.2. The van der Waals surface area contributed by atoms with Crippen LogP contribution >= 0.6 is 0 Å². The fourth-order valence-corrected chi connectivity index (χ4v) is 2.78. The summed E-state index contributed by atoms with van der Waals surface area (Å²) in [5.41, 5.74) is 0.101. The number of nitrogens with zero attached hydrogens (tertiary/aromatic N) is 1. The predicted octanol–water partition coefficient (Wildman–Crippen LogP) is 0.102. The molecule has 0 aromatic heterocycles. The standard InChI is InChI=1S/C14H17NO8/c1-20-14-11(17)10(16)12-9(22-14)6-21-13(23-12)7-4-2-3-5-8(7)15(18)19/h2-5,9-14,16-17H,6H2,1H3/t9-,10-,11-,12-,13?,14+/m1/s1. The highest BCUT2D eigenvalue weighted by Crippen LogP contribution is 2.37. The maximum absolute atomic E-state index is 11.1. The molecule has 0 bridgehead atoms. The first-order valence-electron chi connectivity index (χ1n) is 7.07. The molecule has 1 aromatic carbocycles. The lowest BCUT2D eigenvalue weighted by Gasteiger charge is -2.45. The number of aliphatic hydroxyl groups is 2. The fourth-order valence-electron chi connectivity index (χ4n) is 2.78. The van der Waals surface area contributed by atoms with Crippen molar-refractivity contribution in [2.45, 2.75) is 37.0 Å². The molecular weight excluding hydrogens is 310 g/mol. The van der Waals surface area contributed by atoms with Gasteiger partial charge in [-0.05, 0) is 6.07 Å². The van der Waals surface area contributed by atoms with Gasteiger partial charge in [-0.2, -0.15) is 0 Å². The van der Waals surface area contributed by atoms with Crippen LogP contribution in [0.5, 0.6) is 0 Å². The Kier molecular flexibility index (Phi) is 4.57. The Bertz CT molecular complexity index is 580. The second kappa shape index (κ2) is 6.48. The highest BCUT2D eigenvalue weighted by atomic mass is 16.8. The molecule has 9 nitrogen and oxygen atoms in total. The molecule has 3 rings (SSSR count). The number of para-hydroxylation sites is 1. The SMILES string of the molecule is CO[C@H]1O[C@@H]2COC(c3ccccc3[N+](=O)[O-])O[C@H]2[C@H](O)[C@H]1O. The molecule has 2 heterocycles. The first kappa shape index (κ1) is 16.2. The van der Waals surface area contributed by atoms with Gasteiger partial charge in [-0.25, -0.2) is 0 Å². The molecule has 1 unspecified atom stereocenters. The predicted molar refractivity (Wildman–Crippen MR) is 74.3 cm³/mol. The van der Waals surface area contributed by atoms with E-state index in [-0.39, 0.29) is 17.9 Å². The zero-order valence-electron chi connectivity index (χ0n) is 12.3. The van der Waals surface area contributed by atoms with Crippen LogP contribution in [0.25, 0.3) is 0 Å². The summed E-state index contributed by atoms with van der Waals surface area (Å²) in [4.78, 5) is 10.6. The molecule has 0 amide bonds. The molecule has 0 spiro atoms. The second-order valence-electron chi connectivity index (χ2n) is 5.34. The van der Waals surface area contributed by atoms with Crippen molar-refractivity contribution in [2.24, 2.45) is 0 Å². The molecule has 0 aliphatic carbocycles. The molecule has 23 heavy (non-hydrogen) atoms. The highest BCUT2D eigenvalue weighted by molar-refractivity contribution is 5.40. The molecule has 2 aliphatic heterocycles. The van der Waals surface area contributed by atoms with Gasteiger partial charge in [0.1, 0.15) is 24.4 Å². The highest BCUT2D eigenvalue weighted by Gasteiger charge is 2.49. The number of benzene rings is 1. The first-order valence-corrected chi connectivity index (χ1v) is 7.07. The molecule has 2 fully saturated rings. The van der Waals surface area contributed by atoms with Gasteiger partial charge in [0.25, 0.3) is 5.69 Å².